The van der Waals surface area contributed by atoms with Crippen LogP contribution in [0.1, 0.15) is 43.7 Å². The third kappa shape index (κ3) is 4.78. The van der Waals surface area contributed by atoms with E-state index in [1.165, 1.54) is 12.1 Å². The topological polar surface area (TPSA) is 80.5 Å². The molecule has 1 amide bonds. The van der Waals surface area contributed by atoms with Crippen LogP contribution in [-0.2, 0) is 14.8 Å². The molecular formula is C15H21FN2O3S. The highest BCUT2D eigenvalue weighted by atomic mass is 32.2. The monoisotopic (exact) mass is 328 g/mol. The van der Waals surface area contributed by atoms with E-state index >= 15 is 0 Å². The lowest BCUT2D eigenvalue weighted by molar-refractivity contribution is -0.135. The highest BCUT2D eigenvalue weighted by Gasteiger charge is 2.27. The van der Waals surface area contributed by atoms with Crippen molar-refractivity contribution in [2.45, 2.75) is 38.1 Å². The zero-order valence-electron chi connectivity index (χ0n) is 12.4. The molecule has 7 heteroatoms. The molecule has 2 rings (SSSR count). The van der Waals surface area contributed by atoms with Crippen LogP contribution < -0.4 is 5.14 Å². The number of benzene rings is 1. The summed E-state index contributed by atoms with van der Waals surface area (Å²) in [6.07, 6.45) is 3.17. The second-order valence-corrected chi connectivity index (χ2v) is 7.35. The maximum Gasteiger partial charge on any atom is 0.223 e. The molecule has 0 aromatic heterocycles. The first-order chi connectivity index (χ1) is 10.4. The molecule has 5 nitrogen and oxygen atoms in total. The summed E-state index contributed by atoms with van der Waals surface area (Å²) in [5.41, 5.74) is 0.917. The van der Waals surface area contributed by atoms with Gasteiger partial charge in [0, 0.05) is 13.0 Å². The van der Waals surface area contributed by atoms with E-state index in [1.807, 2.05) is 0 Å². The van der Waals surface area contributed by atoms with E-state index in [2.05, 4.69) is 0 Å². The molecule has 2 N–H and O–H groups in total. The maximum atomic E-state index is 13.0. The number of hydrogen-bond donors (Lipinski definition) is 1. The Labute approximate surface area is 130 Å². The molecule has 0 bridgehead atoms. The Morgan fingerprint density at radius 1 is 1.27 bits per heavy atom. The highest BCUT2D eigenvalue weighted by Crippen LogP contribution is 2.31. The molecule has 1 aromatic carbocycles. The Balaban J connectivity index is 2.02. The van der Waals surface area contributed by atoms with E-state index in [4.69, 9.17) is 5.14 Å². The van der Waals surface area contributed by atoms with Gasteiger partial charge in [0.25, 0.3) is 0 Å². The Kier molecular flexibility index (Phi) is 5.52. The highest BCUT2D eigenvalue weighted by molar-refractivity contribution is 7.89. The Morgan fingerprint density at radius 3 is 2.59 bits per heavy atom. The number of nitrogens with zero attached hydrogens (tertiary/aromatic N) is 1. The summed E-state index contributed by atoms with van der Waals surface area (Å²) in [6.45, 7) is 0.649. The lowest BCUT2D eigenvalue weighted by atomic mass is 9.95. The van der Waals surface area contributed by atoms with Crippen LogP contribution in [-0.4, -0.2) is 31.5 Å². The molecule has 122 valence electrons. The second-order valence-electron chi connectivity index (χ2n) is 5.62. The van der Waals surface area contributed by atoms with E-state index in [0.29, 0.717) is 6.54 Å². The van der Waals surface area contributed by atoms with Gasteiger partial charge in [0.05, 0.1) is 11.8 Å². The Bertz CT molecular complexity index is 616. The zero-order valence-corrected chi connectivity index (χ0v) is 13.2. The summed E-state index contributed by atoms with van der Waals surface area (Å²) in [5, 5.41) is 4.94. The average molecular weight is 328 g/mol. The molecule has 0 spiro atoms. The minimum atomic E-state index is -3.53. The van der Waals surface area contributed by atoms with Gasteiger partial charge in [0.15, 0.2) is 0 Å². The Morgan fingerprint density at radius 2 is 1.95 bits per heavy atom. The van der Waals surface area contributed by atoms with Gasteiger partial charge in [-0.3, -0.25) is 4.79 Å². The minimum Gasteiger partial charge on any atom is -0.336 e. The van der Waals surface area contributed by atoms with Gasteiger partial charge in [-0.05, 0) is 43.4 Å². The lowest BCUT2D eigenvalue weighted by Gasteiger charge is -2.36. The van der Waals surface area contributed by atoms with Crippen LogP contribution in [0, 0.1) is 5.82 Å². The number of primary sulfonamides is 1. The number of hydrogen-bond acceptors (Lipinski definition) is 3. The van der Waals surface area contributed by atoms with Gasteiger partial charge in [0.1, 0.15) is 5.82 Å². The van der Waals surface area contributed by atoms with Crippen molar-refractivity contribution in [3.8, 4) is 0 Å². The fraction of sp³-hybridized carbons (Fsp3) is 0.533. The van der Waals surface area contributed by atoms with E-state index in [-0.39, 0.29) is 36.4 Å². The van der Waals surface area contributed by atoms with E-state index in [9.17, 15) is 17.6 Å². The first-order valence-corrected chi connectivity index (χ1v) is 9.14. The molecule has 1 fully saturated rings. The normalized spacial score (nSPS) is 19.2. The number of sulfonamides is 1. The Hall–Kier alpha value is -1.47. The van der Waals surface area contributed by atoms with Crippen LogP contribution >= 0.6 is 0 Å². The van der Waals surface area contributed by atoms with Gasteiger partial charge in [-0.15, -0.1) is 0 Å². The largest absolute Gasteiger partial charge is 0.336 e. The summed E-state index contributed by atoms with van der Waals surface area (Å²) >= 11 is 0. The van der Waals surface area contributed by atoms with Crippen LogP contribution in [0.4, 0.5) is 4.39 Å². The smallest absolute Gasteiger partial charge is 0.223 e. The second kappa shape index (κ2) is 7.19. The molecule has 0 aliphatic carbocycles. The number of amides is 1. The maximum absolute atomic E-state index is 13.0. The summed E-state index contributed by atoms with van der Waals surface area (Å²) in [7, 11) is -3.53. The molecule has 0 saturated carbocycles. The summed E-state index contributed by atoms with van der Waals surface area (Å²) in [4.78, 5) is 14.1. The number of carbonyl (C=O) groups excluding carboxylic acids is 1. The standard InChI is InChI=1S/C15H21FN2O3S/c16-13-8-6-12(7-9-13)14-4-1-2-10-18(14)15(19)5-3-11-22(17,20)21/h6-9,14H,1-5,10-11H2,(H2,17,20,21)/t14-/m0/s1. The van der Waals surface area contributed by atoms with E-state index < -0.39 is 10.0 Å². The van der Waals surface area contributed by atoms with Gasteiger partial charge < -0.3 is 4.90 Å². The van der Waals surface area contributed by atoms with Crippen LogP contribution in [0.2, 0.25) is 0 Å². The molecular weight excluding hydrogens is 307 g/mol. The summed E-state index contributed by atoms with van der Waals surface area (Å²) in [5.74, 6) is -0.559. The quantitative estimate of drug-likeness (QED) is 0.897. The number of rotatable bonds is 5. The van der Waals surface area contributed by atoms with Crippen molar-refractivity contribution in [1.29, 1.82) is 0 Å². The van der Waals surface area contributed by atoms with Crippen LogP contribution in [0.3, 0.4) is 0 Å². The fourth-order valence-corrected chi connectivity index (χ4v) is 3.38. The molecule has 1 aromatic rings. The molecule has 0 unspecified atom stereocenters. The van der Waals surface area contributed by atoms with Crippen molar-refractivity contribution < 1.29 is 17.6 Å². The van der Waals surface area contributed by atoms with Crippen LogP contribution in [0.5, 0.6) is 0 Å². The lowest BCUT2D eigenvalue weighted by Crippen LogP contribution is -2.38. The summed E-state index contributed by atoms with van der Waals surface area (Å²) in [6, 6.07) is 6.14. The van der Waals surface area contributed by atoms with Gasteiger partial charge >= 0.3 is 0 Å². The van der Waals surface area contributed by atoms with Crippen molar-refractivity contribution in [2.24, 2.45) is 5.14 Å². The van der Waals surface area contributed by atoms with Gasteiger partial charge in [-0.2, -0.15) is 0 Å². The first-order valence-electron chi connectivity index (χ1n) is 7.42. The van der Waals surface area contributed by atoms with Crippen molar-refractivity contribution in [2.75, 3.05) is 12.3 Å². The fourth-order valence-electron chi connectivity index (χ4n) is 2.83. The molecule has 1 heterocycles. The van der Waals surface area contributed by atoms with Crippen LogP contribution in [0.25, 0.3) is 0 Å². The van der Waals surface area contributed by atoms with E-state index in [0.717, 1.165) is 24.8 Å². The van der Waals surface area contributed by atoms with Crippen molar-refractivity contribution in [3.63, 3.8) is 0 Å². The predicted octanol–water partition coefficient (Wildman–Crippen LogP) is 1.95. The van der Waals surface area contributed by atoms with Crippen molar-refractivity contribution in [1.82, 2.24) is 4.90 Å². The molecule has 1 atom stereocenters. The van der Waals surface area contributed by atoms with Crippen LogP contribution in [0.15, 0.2) is 24.3 Å². The number of nitrogens with two attached hydrogens (primary N) is 1. The van der Waals surface area contributed by atoms with Gasteiger partial charge in [0.2, 0.25) is 15.9 Å². The number of likely N-dealkylation sites (tertiary alicyclic amines) is 1. The van der Waals surface area contributed by atoms with Gasteiger partial charge in [-0.1, -0.05) is 12.1 Å². The third-order valence-corrected chi connectivity index (χ3v) is 4.76. The average Bonchev–Trinajstić information content (AvgIpc) is 2.46. The molecule has 22 heavy (non-hydrogen) atoms. The van der Waals surface area contributed by atoms with Crippen molar-refractivity contribution >= 4 is 15.9 Å². The first kappa shape index (κ1) is 16.9. The molecule has 1 aliphatic rings. The molecule has 1 saturated heterocycles. The summed E-state index contributed by atoms with van der Waals surface area (Å²) < 4.78 is 34.9. The number of halogens is 1. The number of piperidine rings is 1. The third-order valence-electron chi connectivity index (χ3n) is 3.90. The van der Waals surface area contributed by atoms with E-state index in [1.54, 1.807) is 17.0 Å². The minimum absolute atomic E-state index is 0.0590. The predicted molar refractivity (Wildman–Crippen MR) is 81.9 cm³/mol. The van der Waals surface area contributed by atoms with Crippen molar-refractivity contribution in [3.05, 3.63) is 35.6 Å². The number of carbonyl (C=O) groups is 1. The molecule has 0 radical (unpaired) electrons. The van der Waals surface area contributed by atoms with Gasteiger partial charge in [-0.25, -0.2) is 17.9 Å². The zero-order chi connectivity index (χ0) is 16.2. The molecule has 1 aliphatic heterocycles. The SMILES string of the molecule is NS(=O)(=O)CCCC(=O)N1CCCC[C@H]1c1ccc(F)cc1.